The molecule has 9 aromatic rings. The Balaban J connectivity index is 0.000000149. The minimum atomic E-state index is -0.492. The zero-order valence-corrected chi connectivity index (χ0v) is 69.2. The molecule has 124 heavy (non-hydrogen) atoms. The highest BCUT2D eigenvalue weighted by molar-refractivity contribution is 6.16. The molecule has 0 bridgehead atoms. The average Bonchev–Trinajstić information content (AvgIpc) is 1.54. The number of fused-ring (bicyclic) bond motifs is 6. The topological polar surface area (TPSA) is 264 Å². The minimum absolute atomic E-state index is 0. The Morgan fingerprint density at radius 3 is 1.23 bits per heavy atom. The van der Waals surface area contributed by atoms with Crippen LogP contribution in [0.4, 0.5) is 64.9 Å². The SMILES string of the molecule is C.C.CC1C(=O)N(C)c2ccc(N3C(=O)c4cc(C(=O)N5CCN(C)CC5)ccc4C3c3ccc(F)cc3)cc2N1C1CC1.CC1C(=O)N(C)c2ccc(N3C(=O)c4ccccc4C3c3ccc(F)cc3)nc2N1C1CC1.CN1CCNCC1.Cc1ccc2c(c1)C(=O)N(c1ccc3c(n1)N(C1CC1)C(C)C(=O)N3C)C2c1ccc(F)cc1.O=C=O.O=C=O. The predicted octanol–water partition coefficient (Wildman–Crippen LogP) is 12.8. The average molecular weight is 1690 g/mol. The molecule has 26 nitrogen and oxygen atoms in total. The number of halogens is 3. The highest BCUT2D eigenvalue weighted by Gasteiger charge is 2.49. The summed E-state index contributed by atoms with van der Waals surface area (Å²) in [6.07, 6.45) is 6.66. The number of carbonyl (C=O) groups is 7. The van der Waals surface area contributed by atoms with Gasteiger partial charge in [0.1, 0.15) is 47.2 Å². The fraction of sp³-hybridized carbons (Fsp3) is 0.358. The third-order valence-electron chi connectivity index (χ3n) is 24.6. The van der Waals surface area contributed by atoms with Crippen LogP contribution in [0.2, 0.25) is 0 Å². The molecule has 3 saturated carbocycles. The van der Waals surface area contributed by atoms with E-state index in [0.29, 0.717) is 64.8 Å². The van der Waals surface area contributed by atoms with E-state index in [-0.39, 0.29) is 110 Å². The number of benzene rings is 7. The molecular formula is C95H102F3N15O11. The van der Waals surface area contributed by atoms with E-state index in [0.717, 1.165) is 138 Å². The number of nitrogens with one attached hydrogen (secondary N) is 1. The lowest BCUT2D eigenvalue weighted by molar-refractivity contribution is -0.193. The van der Waals surface area contributed by atoms with Crippen LogP contribution in [0.1, 0.15) is 173 Å². The molecule has 2 aromatic heterocycles. The molecule has 29 heteroatoms. The third kappa shape index (κ3) is 17.2. The second kappa shape index (κ2) is 37.0. The van der Waals surface area contributed by atoms with Crippen LogP contribution in [0.15, 0.2) is 176 Å². The van der Waals surface area contributed by atoms with Crippen molar-refractivity contribution < 1.29 is 65.9 Å². The number of piperazine rings is 2. The number of hydrogen-bond donors (Lipinski definition) is 1. The summed E-state index contributed by atoms with van der Waals surface area (Å²) in [5.74, 6) is 1.07. The zero-order chi connectivity index (χ0) is 86.4. The van der Waals surface area contributed by atoms with Gasteiger partial charge in [0.15, 0.2) is 11.6 Å². The summed E-state index contributed by atoms with van der Waals surface area (Å²) in [5, 5.41) is 3.27. The molecular weight excluding hydrogens is 1580 g/mol. The molecule has 3 aliphatic carbocycles. The normalized spacial score (nSPS) is 21.0. The fourth-order valence-electron chi connectivity index (χ4n) is 17.8. The standard InChI is InChI=1S/C33H34FN5O3.C27H25FN4O2.C26H23FN4O2.C5H12N2.2CO2.2CH4/c1-20-31(40)36(3)28-13-11-25(19-29(28)38(20)24-9-10-24)39-30(21-4-7-23(34)8-5-21)26-12-6-22(18-27(26)33(39)42)32(41)37-16-14-35(2)15-17-37;1-15-4-11-20-21(14-15)27(34)32(24(20)17-5-7-18(28)8-6-17)23-13-12-22-25(29-23)31(19-9-10-19)16(2)26(33)30(22)3;1-15-25(32)29(2)21-13-14-22(28-24(21)30(15)18-11-12-18)31-23(16-7-9-17(27)10-8-16)19-5-3-4-6-20(19)26(31)33;1-7-4-2-6-3-5-7;2*2-1-3;;/h4-8,11-13,18-20,24,30H,9-10,14-17H2,1-3H3;4-8,11-14,16,19,24H,9-10H2,1-3H3;3-10,13-15,18,23H,11-12H2,1-2H3;6H,2-5H2,1H3;;;2*1H4. The summed E-state index contributed by atoms with van der Waals surface area (Å²) >= 11 is 0. The predicted molar refractivity (Wildman–Crippen MR) is 466 cm³/mol. The number of likely N-dealkylation sites (N-methyl/N-ethyl adjacent to an activating group) is 5. The van der Waals surface area contributed by atoms with Gasteiger partial charge in [0.05, 0.1) is 40.9 Å². The first kappa shape index (κ1) is 88.7. The number of hydrogen-bond acceptors (Lipinski definition) is 19. The van der Waals surface area contributed by atoms with Crippen LogP contribution >= 0.6 is 0 Å². The lowest BCUT2D eigenvalue weighted by atomic mass is 9.96. The number of anilines is 9. The van der Waals surface area contributed by atoms with E-state index in [1.54, 1.807) is 111 Å². The van der Waals surface area contributed by atoms with E-state index >= 15 is 0 Å². The van der Waals surface area contributed by atoms with Crippen molar-refractivity contribution in [1.29, 1.82) is 0 Å². The van der Waals surface area contributed by atoms with Crippen molar-refractivity contribution in [2.75, 3.05) is 132 Å². The van der Waals surface area contributed by atoms with Crippen molar-refractivity contribution in [2.24, 2.45) is 0 Å². The van der Waals surface area contributed by atoms with Crippen LogP contribution in [-0.2, 0) is 33.6 Å². The van der Waals surface area contributed by atoms with Crippen molar-refractivity contribution in [1.82, 2.24) is 30.0 Å². The Labute approximate surface area is 719 Å². The van der Waals surface area contributed by atoms with E-state index in [1.807, 2.05) is 119 Å². The third-order valence-corrected chi connectivity index (χ3v) is 24.6. The second-order valence-corrected chi connectivity index (χ2v) is 32.5. The molecule has 644 valence electrons. The van der Waals surface area contributed by atoms with Crippen molar-refractivity contribution in [3.8, 4) is 0 Å². The van der Waals surface area contributed by atoms with E-state index in [9.17, 15) is 46.7 Å². The zero-order valence-electron chi connectivity index (χ0n) is 69.2. The second-order valence-electron chi connectivity index (χ2n) is 32.5. The van der Waals surface area contributed by atoms with Crippen molar-refractivity contribution >= 4 is 105 Å². The van der Waals surface area contributed by atoms with Crippen LogP contribution in [0, 0.1) is 24.4 Å². The molecule has 5 fully saturated rings. The molecule has 2 saturated heterocycles. The molecule has 6 unspecified atom stereocenters. The molecule has 7 amide bonds. The number of aryl methyl sites for hydroxylation is 1. The highest BCUT2D eigenvalue weighted by Crippen LogP contribution is 2.51. The summed E-state index contributed by atoms with van der Waals surface area (Å²) in [6, 6.07) is 49.3. The summed E-state index contributed by atoms with van der Waals surface area (Å²) < 4.78 is 41.3. The smallest absolute Gasteiger partial charge is 0.355 e. The van der Waals surface area contributed by atoms with Gasteiger partial charge in [0.25, 0.3) is 23.6 Å². The van der Waals surface area contributed by atoms with Gasteiger partial charge in [-0.15, -0.1) is 0 Å². The van der Waals surface area contributed by atoms with E-state index in [4.69, 9.17) is 29.1 Å². The van der Waals surface area contributed by atoms with Gasteiger partial charge < -0.3 is 49.4 Å². The van der Waals surface area contributed by atoms with Gasteiger partial charge >= 0.3 is 12.3 Å². The maximum absolute atomic E-state index is 14.3. The van der Waals surface area contributed by atoms with Crippen molar-refractivity contribution in [3.63, 3.8) is 0 Å². The number of rotatable bonds is 10. The van der Waals surface area contributed by atoms with Crippen LogP contribution in [-0.4, -0.2) is 202 Å². The van der Waals surface area contributed by atoms with Gasteiger partial charge in [-0.25, -0.2) is 23.1 Å². The monoisotopic (exact) mass is 1690 g/mol. The molecule has 7 aromatic carbocycles. The first-order valence-electron chi connectivity index (χ1n) is 41.1. The quantitative estimate of drug-likeness (QED) is 0.133. The van der Waals surface area contributed by atoms with Gasteiger partial charge in [-0.05, 0) is 217 Å². The molecule has 8 aliphatic heterocycles. The number of carbonyl (C=O) groups excluding carboxylic acids is 11. The summed E-state index contributed by atoms with van der Waals surface area (Å²) in [5.41, 5.74) is 12.1. The highest BCUT2D eigenvalue weighted by atomic mass is 19.1. The lowest BCUT2D eigenvalue weighted by Gasteiger charge is -2.41. The van der Waals surface area contributed by atoms with Crippen LogP contribution in [0.25, 0.3) is 0 Å². The van der Waals surface area contributed by atoms with Crippen LogP contribution in [0.3, 0.4) is 0 Å². The Bertz CT molecular complexity index is 5620. The van der Waals surface area contributed by atoms with Gasteiger partial charge in [-0.1, -0.05) is 93.2 Å². The number of pyridine rings is 2. The fourth-order valence-corrected chi connectivity index (χ4v) is 17.8. The van der Waals surface area contributed by atoms with Gasteiger partial charge in [-0.2, -0.15) is 19.2 Å². The van der Waals surface area contributed by atoms with E-state index in [1.165, 1.54) is 49.5 Å². The molecule has 20 rings (SSSR count). The molecule has 0 spiro atoms. The molecule has 1 N–H and O–H groups in total. The number of nitrogens with zero attached hydrogens (tertiary/aromatic N) is 14. The number of aromatic nitrogens is 2. The van der Waals surface area contributed by atoms with E-state index < -0.39 is 18.1 Å². The van der Waals surface area contributed by atoms with Crippen LogP contribution in [0.5, 0.6) is 0 Å². The van der Waals surface area contributed by atoms with Crippen LogP contribution < -0.4 is 49.4 Å². The summed E-state index contributed by atoms with van der Waals surface area (Å²) in [4.78, 5) is 159. The number of amides is 7. The van der Waals surface area contributed by atoms with Gasteiger partial charge in [-0.3, -0.25) is 48.3 Å². The Kier molecular flexibility index (Phi) is 26.4. The Morgan fingerprint density at radius 1 is 0.403 bits per heavy atom. The minimum Gasteiger partial charge on any atom is -0.355 e. The van der Waals surface area contributed by atoms with E-state index in [2.05, 4.69) is 36.9 Å². The molecule has 6 atom stereocenters. The Morgan fingerprint density at radius 2 is 0.782 bits per heavy atom. The summed E-state index contributed by atoms with van der Waals surface area (Å²) in [6.45, 7) is 15.4. The summed E-state index contributed by atoms with van der Waals surface area (Å²) in [7, 11) is 9.52. The van der Waals surface area contributed by atoms with Gasteiger partial charge in [0.2, 0.25) is 17.7 Å². The van der Waals surface area contributed by atoms with Crippen molar-refractivity contribution in [3.05, 3.63) is 255 Å². The maximum atomic E-state index is 14.3. The van der Waals surface area contributed by atoms with Gasteiger partial charge in [0, 0.05) is 120 Å². The molecule has 11 aliphatic rings. The largest absolute Gasteiger partial charge is 0.373 e. The lowest BCUT2D eigenvalue weighted by Crippen LogP contribution is -2.52. The first-order valence-corrected chi connectivity index (χ1v) is 41.1. The molecule has 0 radical (unpaired) electrons. The molecule has 10 heterocycles. The maximum Gasteiger partial charge on any atom is 0.373 e. The Hall–Kier alpha value is -13.0. The first-order chi connectivity index (χ1) is 58.7. The van der Waals surface area contributed by atoms with Crippen molar-refractivity contribution in [2.45, 2.75) is 135 Å².